The Labute approximate surface area is 108 Å². The van der Waals surface area contributed by atoms with Gasteiger partial charge in [-0.3, -0.25) is 4.79 Å². The molecule has 1 aliphatic carbocycles. The third-order valence-corrected chi connectivity index (χ3v) is 3.70. The zero-order chi connectivity index (χ0) is 13.3. The highest BCUT2D eigenvalue weighted by Crippen LogP contribution is 2.36. The van der Waals surface area contributed by atoms with Crippen LogP contribution in [0.15, 0.2) is 30.9 Å². The van der Waals surface area contributed by atoms with Crippen LogP contribution < -0.4 is 0 Å². The number of hydrogen-bond acceptors (Lipinski definition) is 2. The van der Waals surface area contributed by atoms with Crippen molar-refractivity contribution in [2.24, 2.45) is 5.92 Å². The molecule has 0 spiro atoms. The first-order valence-corrected chi connectivity index (χ1v) is 6.33. The molecule has 2 heteroatoms. The van der Waals surface area contributed by atoms with Crippen LogP contribution in [0.1, 0.15) is 35.4 Å². The maximum absolute atomic E-state index is 12.4. The first kappa shape index (κ1) is 12.7. The predicted octanol–water partition coefficient (Wildman–Crippen LogP) is 3.57. The number of rotatable bonds is 3. The maximum Gasteiger partial charge on any atom is 0.149 e. The maximum atomic E-state index is 12.4. The summed E-state index contributed by atoms with van der Waals surface area (Å²) < 4.78 is 0. The smallest absolute Gasteiger partial charge is 0.149 e. The van der Waals surface area contributed by atoms with E-state index < -0.39 is 0 Å². The van der Waals surface area contributed by atoms with E-state index >= 15 is 0 Å². The lowest BCUT2D eigenvalue weighted by Crippen LogP contribution is -2.16. The number of aryl methyl sites for hydroxylation is 2. The Bertz CT molecular complexity index is 516. The van der Waals surface area contributed by atoms with Crippen LogP contribution in [-0.2, 0) is 4.79 Å². The Morgan fingerprint density at radius 3 is 2.83 bits per heavy atom. The minimum atomic E-state index is -0.324. The van der Waals surface area contributed by atoms with Crippen molar-refractivity contribution in [3.8, 4) is 0 Å². The van der Waals surface area contributed by atoms with Crippen molar-refractivity contribution in [1.29, 1.82) is 5.41 Å². The first-order valence-electron chi connectivity index (χ1n) is 6.33. The number of ketones is 1. The Morgan fingerprint density at radius 1 is 1.44 bits per heavy atom. The van der Waals surface area contributed by atoms with E-state index in [-0.39, 0.29) is 17.6 Å². The second-order valence-electron chi connectivity index (χ2n) is 5.15. The van der Waals surface area contributed by atoms with E-state index in [1.807, 2.05) is 32.0 Å². The number of carbonyl (C=O) groups excluding carboxylic acids is 1. The fraction of sp³-hybridized carbons (Fsp3) is 0.375. The first-order chi connectivity index (χ1) is 8.54. The SMILES string of the molecule is C=CCC1CC(=N)C(c2cc(C)ccc2C)C1=O. The second-order valence-corrected chi connectivity index (χ2v) is 5.15. The zero-order valence-corrected chi connectivity index (χ0v) is 11.0. The highest BCUT2D eigenvalue weighted by atomic mass is 16.1. The molecule has 1 saturated carbocycles. The number of hydrogen-bond donors (Lipinski definition) is 1. The molecule has 94 valence electrons. The number of allylic oxidation sites excluding steroid dienone is 1. The standard InChI is InChI=1S/C16H19NO/c1-4-5-12-9-14(17)15(16(12)18)13-8-10(2)6-7-11(13)3/h4,6-8,12,15,17H,1,5,9H2,2-3H3. The highest BCUT2D eigenvalue weighted by Gasteiger charge is 2.39. The van der Waals surface area contributed by atoms with Gasteiger partial charge in [-0.2, -0.15) is 0 Å². The van der Waals surface area contributed by atoms with Gasteiger partial charge in [-0.15, -0.1) is 6.58 Å². The van der Waals surface area contributed by atoms with Crippen LogP contribution in [0, 0.1) is 25.2 Å². The largest absolute Gasteiger partial charge is 0.309 e. The van der Waals surface area contributed by atoms with Crippen molar-refractivity contribution in [3.05, 3.63) is 47.5 Å². The zero-order valence-electron chi connectivity index (χ0n) is 11.0. The average Bonchev–Trinajstić information content (AvgIpc) is 2.59. The van der Waals surface area contributed by atoms with Gasteiger partial charge < -0.3 is 5.41 Å². The molecule has 2 unspecified atom stereocenters. The van der Waals surface area contributed by atoms with Crippen LogP contribution in [0.25, 0.3) is 0 Å². The Morgan fingerprint density at radius 2 is 2.17 bits per heavy atom. The van der Waals surface area contributed by atoms with Gasteiger partial charge in [0.05, 0.1) is 5.92 Å². The van der Waals surface area contributed by atoms with Crippen molar-refractivity contribution < 1.29 is 4.79 Å². The summed E-state index contributed by atoms with van der Waals surface area (Å²) >= 11 is 0. The molecular weight excluding hydrogens is 222 g/mol. The minimum Gasteiger partial charge on any atom is -0.309 e. The molecule has 0 radical (unpaired) electrons. The van der Waals surface area contributed by atoms with Gasteiger partial charge in [0.15, 0.2) is 0 Å². The monoisotopic (exact) mass is 241 g/mol. The van der Waals surface area contributed by atoms with Gasteiger partial charge in [0, 0.05) is 11.6 Å². The Balaban J connectivity index is 2.38. The molecule has 1 aromatic carbocycles. The molecule has 1 aliphatic rings. The molecule has 0 saturated heterocycles. The van der Waals surface area contributed by atoms with Crippen molar-refractivity contribution in [2.45, 2.75) is 32.6 Å². The van der Waals surface area contributed by atoms with Gasteiger partial charge in [-0.05, 0) is 37.8 Å². The number of Topliss-reactive ketones (excluding diaryl/α,β-unsaturated/α-hetero) is 1. The van der Waals surface area contributed by atoms with Crippen LogP contribution in [0.5, 0.6) is 0 Å². The van der Waals surface area contributed by atoms with E-state index in [0.29, 0.717) is 18.6 Å². The topological polar surface area (TPSA) is 40.9 Å². The van der Waals surface area contributed by atoms with Gasteiger partial charge in [0.2, 0.25) is 0 Å². The number of nitrogens with one attached hydrogen (secondary N) is 1. The fourth-order valence-electron chi connectivity index (χ4n) is 2.70. The Kier molecular flexibility index (Phi) is 3.46. The summed E-state index contributed by atoms with van der Waals surface area (Å²) in [7, 11) is 0. The van der Waals surface area contributed by atoms with Gasteiger partial charge in [0.25, 0.3) is 0 Å². The van der Waals surface area contributed by atoms with Crippen LogP contribution >= 0.6 is 0 Å². The molecule has 1 fully saturated rings. The lowest BCUT2D eigenvalue weighted by molar-refractivity contribution is -0.121. The van der Waals surface area contributed by atoms with Gasteiger partial charge in [0.1, 0.15) is 5.78 Å². The van der Waals surface area contributed by atoms with E-state index in [0.717, 1.165) is 16.7 Å². The summed E-state index contributed by atoms with van der Waals surface area (Å²) in [6.07, 6.45) is 3.05. The molecule has 0 bridgehead atoms. The predicted molar refractivity (Wildman–Crippen MR) is 74.3 cm³/mol. The summed E-state index contributed by atoms with van der Waals surface area (Å²) in [5.41, 5.74) is 3.81. The molecule has 0 aliphatic heterocycles. The highest BCUT2D eigenvalue weighted by molar-refractivity contribution is 6.15. The summed E-state index contributed by atoms with van der Waals surface area (Å²) in [5.74, 6) is -0.177. The quantitative estimate of drug-likeness (QED) is 0.807. The van der Waals surface area contributed by atoms with Crippen LogP contribution in [-0.4, -0.2) is 11.5 Å². The molecule has 18 heavy (non-hydrogen) atoms. The third-order valence-electron chi connectivity index (χ3n) is 3.70. The summed E-state index contributed by atoms with van der Waals surface area (Å²) in [5, 5.41) is 8.09. The van der Waals surface area contributed by atoms with E-state index in [4.69, 9.17) is 5.41 Å². The van der Waals surface area contributed by atoms with Gasteiger partial charge >= 0.3 is 0 Å². The average molecular weight is 241 g/mol. The summed E-state index contributed by atoms with van der Waals surface area (Å²) in [6.45, 7) is 7.72. The molecule has 0 aromatic heterocycles. The van der Waals surface area contributed by atoms with E-state index in [1.54, 1.807) is 6.08 Å². The minimum absolute atomic E-state index is 0.0417. The lowest BCUT2D eigenvalue weighted by Gasteiger charge is -2.14. The molecule has 2 nitrogen and oxygen atoms in total. The van der Waals surface area contributed by atoms with Crippen LogP contribution in [0.2, 0.25) is 0 Å². The number of benzene rings is 1. The lowest BCUT2D eigenvalue weighted by atomic mass is 9.89. The Hall–Kier alpha value is -1.70. The summed E-state index contributed by atoms with van der Waals surface area (Å²) in [4.78, 5) is 12.4. The molecule has 2 rings (SSSR count). The van der Waals surface area contributed by atoms with Crippen LogP contribution in [0.4, 0.5) is 0 Å². The summed E-state index contributed by atoms with van der Waals surface area (Å²) in [6, 6.07) is 6.12. The van der Waals surface area contributed by atoms with Gasteiger partial charge in [-0.25, -0.2) is 0 Å². The van der Waals surface area contributed by atoms with Crippen molar-refractivity contribution in [3.63, 3.8) is 0 Å². The molecule has 1 aromatic rings. The van der Waals surface area contributed by atoms with E-state index in [9.17, 15) is 4.79 Å². The molecule has 1 N–H and O–H groups in total. The van der Waals surface area contributed by atoms with Gasteiger partial charge in [-0.1, -0.05) is 29.8 Å². The van der Waals surface area contributed by atoms with E-state index in [1.165, 1.54) is 0 Å². The van der Waals surface area contributed by atoms with Crippen molar-refractivity contribution in [2.75, 3.05) is 0 Å². The van der Waals surface area contributed by atoms with Crippen molar-refractivity contribution >= 4 is 11.5 Å². The molecule has 0 amide bonds. The van der Waals surface area contributed by atoms with Crippen molar-refractivity contribution in [1.82, 2.24) is 0 Å². The third kappa shape index (κ3) is 2.15. The number of carbonyl (C=O) groups is 1. The normalized spacial score (nSPS) is 23.4. The van der Waals surface area contributed by atoms with Crippen LogP contribution in [0.3, 0.4) is 0 Å². The second kappa shape index (κ2) is 4.89. The molecule has 2 atom stereocenters. The molecular formula is C16H19NO. The van der Waals surface area contributed by atoms with E-state index in [2.05, 4.69) is 6.58 Å². The molecule has 0 heterocycles. The fourth-order valence-corrected chi connectivity index (χ4v) is 2.70.